The number of ether oxygens (including phenoxy) is 1. The molecule has 3 heteroatoms. The molecule has 0 aliphatic carbocycles. The van der Waals surface area contributed by atoms with Gasteiger partial charge in [-0.3, -0.25) is 0 Å². The highest BCUT2D eigenvalue weighted by molar-refractivity contribution is 14.1. The summed E-state index contributed by atoms with van der Waals surface area (Å²) < 4.78 is 6.45. The van der Waals surface area contributed by atoms with Gasteiger partial charge < -0.3 is 9.84 Å². The molecule has 0 fully saturated rings. The summed E-state index contributed by atoms with van der Waals surface area (Å²) in [6, 6.07) is 7.94. The zero-order valence-electron chi connectivity index (χ0n) is 10.0. The van der Waals surface area contributed by atoms with Crippen molar-refractivity contribution < 1.29 is 9.84 Å². The van der Waals surface area contributed by atoms with Crippen LogP contribution in [0.4, 0.5) is 0 Å². The first-order valence-corrected chi connectivity index (χ1v) is 6.52. The van der Waals surface area contributed by atoms with Gasteiger partial charge in [0.1, 0.15) is 0 Å². The van der Waals surface area contributed by atoms with Gasteiger partial charge in [0.2, 0.25) is 0 Å². The number of aliphatic hydroxyl groups excluding tert-OH is 1. The summed E-state index contributed by atoms with van der Waals surface area (Å²) in [6.45, 7) is 4.07. The first-order valence-electron chi connectivity index (χ1n) is 5.44. The molecule has 0 aliphatic rings. The Balaban J connectivity index is 2.60. The summed E-state index contributed by atoms with van der Waals surface area (Å²) >= 11 is 2.25. The van der Waals surface area contributed by atoms with Crippen LogP contribution in [0.5, 0.6) is 0 Å². The Morgan fingerprint density at radius 2 is 2.00 bits per heavy atom. The molecule has 0 saturated carbocycles. The van der Waals surface area contributed by atoms with Crippen molar-refractivity contribution in [3.05, 3.63) is 33.4 Å². The molecule has 1 rings (SSSR count). The van der Waals surface area contributed by atoms with Gasteiger partial charge in [-0.25, -0.2) is 0 Å². The highest BCUT2D eigenvalue weighted by atomic mass is 127. The molecule has 0 bridgehead atoms. The van der Waals surface area contributed by atoms with Crippen LogP contribution in [-0.2, 0) is 4.74 Å². The van der Waals surface area contributed by atoms with Gasteiger partial charge >= 0.3 is 0 Å². The van der Waals surface area contributed by atoms with Crippen LogP contribution in [0.25, 0.3) is 0 Å². The zero-order valence-corrected chi connectivity index (χ0v) is 12.2. The Morgan fingerprint density at radius 3 is 2.56 bits per heavy atom. The standard InChI is InChI=1S/C13H19IO2/c1-13(2,16-3)9-8-12(15)10-6-4-5-7-11(10)14/h4-7,12,15H,8-9H2,1-3H3. The smallest absolute Gasteiger partial charge is 0.0801 e. The maximum absolute atomic E-state index is 10.1. The molecule has 1 aromatic rings. The first-order chi connectivity index (χ1) is 7.46. The number of halogens is 1. The molecule has 90 valence electrons. The van der Waals surface area contributed by atoms with Crippen molar-refractivity contribution in [3.8, 4) is 0 Å². The van der Waals surface area contributed by atoms with E-state index in [0.29, 0.717) is 0 Å². The molecule has 0 aliphatic heterocycles. The van der Waals surface area contributed by atoms with E-state index in [4.69, 9.17) is 4.74 Å². The van der Waals surface area contributed by atoms with Crippen LogP contribution in [0, 0.1) is 3.57 Å². The topological polar surface area (TPSA) is 29.5 Å². The molecule has 1 N–H and O–H groups in total. The molecule has 0 saturated heterocycles. The second kappa shape index (κ2) is 5.98. The summed E-state index contributed by atoms with van der Waals surface area (Å²) in [5.41, 5.74) is 0.844. The van der Waals surface area contributed by atoms with E-state index in [-0.39, 0.29) is 5.60 Å². The lowest BCUT2D eigenvalue weighted by molar-refractivity contribution is 0.00272. The van der Waals surface area contributed by atoms with E-state index in [9.17, 15) is 5.11 Å². The molecule has 1 unspecified atom stereocenters. The Labute approximate surface area is 111 Å². The third-order valence-electron chi connectivity index (χ3n) is 2.84. The minimum atomic E-state index is -0.400. The third kappa shape index (κ3) is 4.03. The first kappa shape index (κ1) is 13.9. The molecule has 0 amide bonds. The van der Waals surface area contributed by atoms with Gasteiger partial charge in [0, 0.05) is 10.7 Å². The number of benzene rings is 1. The maximum Gasteiger partial charge on any atom is 0.0801 e. The predicted octanol–water partition coefficient (Wildman–Crippen LogP) is 3.53. The number of methoxy groups -OCH3 is 1. The molecule has 16 heavy (non-hydrogen) atoms. The van der Waals surface area contributed by atoms with Crippen LogP contribution in [0.3, 0.4) is 0 Å². The van der Waals surface area contributed by atoms with Crippen LogP contribution < -0.4 is 0 Å². The SMILES string of the molecule is COC(C)(C)CCC(O)c1ccccc1I. The molecule has 0 spiro atoms. The van der Waals surface area contributed by atoms with E-state index in [1.807, 2.05) is 38.1 Å². The summed E-state index contributed by atoms with van der Waals surface area (Å²) in [5.74, 6) is 0. The van der Waals surface area contributed by atoms with Gasteiger partial charge in [0.05, 0.1) is 11.7 Å². The van der Waals surface area contributed by atoms with Crippen molar-refractivity contribution in [2.75, 3.05) is 7.11 Å². The Morgan fingerprint density at radius 1 is 1.38 bits per heavy atom. The highest BCUT2D eigenvalue weighted by Gasteiger charge is 2.19. The lowest BCUT2D eigenvalue weighted by Crippen LogP contribution is -2.23. The van der Waals surface area contributed by atoms with Crippen molar-refractivity contribution in [1.29, 1.82) is 0 Å². The Kier molecular flexibility index (Phi) is 5.21. The van der Waals surface area contributed by atoms with Crippen LogP contribution in [0.1, 0.15) is 38.4 Å². The Bertz CT molecular complexity index is 336. The van der Waals surface area contributed by atoms with E-state index in [1.54, 1.807) is 7.11 Å². The van der Waals surface area contributed by atoms with Crippen LogP contribution >= 0.6 is 22.6 Å². The third-order valence-corrected chi connectivity index (χ3v) is 3.82. The molecule has 0 heterocycles. The second-order valence-corrected chi connectivity index (χ2v) is 5.70. The molecule has 1 atom stereocenters. The van der Waals surface area contributed by atoms with E-state index < -0.39 is 6.10 Å². The van der Waals surface area contributed by atoms with E-state index >= 15 is 0 Å². The summed E-state index contributed by atoms with van der Waals surface area (Å²) in [4.78, 5) is 0. The average Bonchev–Trinajstić information content (AvgIpc) is 2.27. The fraction of sp³-hybridized carbons (Fsp3) is 0.538. The number of hydrogen-bond donors (Lipinski definition) is 1. The van der Waals surface area contributed by atoms with Gasteiger partial charge in [-0.1, -0.05) is 18.2 Å². The number of rotatable bonds is 5. The Hall–Kier alpha value is -0.130. The molecular formula is C13H19IO2. The summed E-state index contributed by atoms with van der Waals surface area (Å²) in [7, 11) is 1.71. The quantitative estimate of drug-likeness (QED) is 0.835. The van der Waals surface area contributed by atoms with Gasteiger partial charge in [-0.05, 0) is 60.9 Å². The van der Waals surface area contributed by atoms with E-state index in [2.05, 4.69) is 22.6 Å². The molecule has 0 radical (unpaired) electrons. The highest BCUT2D eigenvalue weighted by Crippen LogP contribution is 2.27. The zero-order chi connectivity index (χ0) is 12.2. The molecule has 1 aromatic carbocycles. The fourth-order valence-corrected chi connectivity index (χ4v) is 2.23. The van der Waals surface area contributed by atoms with Gasteiger partial charge in [0.25, 0.3) is 0 Å². The van der Waals surface area contributed by atoms with Gasteiger partial charge in [-0.15, -0.1) is 0 Å². The lowest BCUT2D eigenvalue weighted by Gasteiger charge is -2.24. The van der Waals surface area contributed by atoms with Crippen molar-refractivity contribution in [2.24, 2.45) is 0 Å². The molecule has 2 nitrogen and oxygen atoms in total. The normalized spacial score (nSPS) is 13.8. The minimum absolute atomic E-state index is 0.165. The predicted molar refractivity (Wildman–Crippen MR) is 74.4 cm³/mol. The number of hydrogen-bond acceptors (Lipinski definition) is 2. The monoisotopic (exact) mass is 334 g/mol. The van der Waals surface area contributed by atoms with Gasteiger partial charge in [-0.2, -0.15) is 0 Å². The van der Waals surface area contributed by atoms with Crippen LogP contribution in [-0.4, -0.2) is 17.8 Å². The van der Waals surface area contributed by atoms with E-state index in [0.717, 1.165) is 22.0 Å². The minimum Gasteiger partial charge on any atom is -0.388 e. The van der Waals surface area contributed by atoms with Crippen molar-refractivity contribution in [2.45, 2.75) is 38.4 Å². The summed E-state index contributed by atoms with van der Waals surface area (Å²) in [5, 5.41) is 10.1. The van der Waals surface area contributed by atoms with Crippen LogP contribution in [0.2, 0.25) is 0 Å². The van der Waals surface area contributed by atoms with Crippen molar-refractivity contribution >= 4 is 22.6 Å². The van der Waals surface area contributed by atoms with E-state index in [1.165, 1.54) is 0 Å². The summed E-state index contributed by atoms with van der Waals surface area (Å²) in [6.07, 6.45) is 1.17. The second-order valence-electron chi connectivity index (χ2n) is 4.54. The molecular weight excluding hydrogens is 315 g/mol. The lowest BCUT2D eigenvalue weighted by atomic mass is 9.97. The average molecular weight is 334 g/mol. The fourth-order valence-electron chi connectivity index (χ4n) is 1.49. The maximum atomic E-state index is 10.1. The van der Waals surface area contributed by atoms with Crippen molar-refractivity contribution in [3.63, 3.8) is 0 Å². The largest absolute Gasteiger partial charge is 0.388 e. The van der Waals surface area contributed by atoms with Crippen LogP contribution in [0.15, 0.2) is 24.3 Å². The van der Waals surface area contributed by atoms with Gasteiger partial charge in [0.15, 0.2) is 0 Å². The molecule has 0 aromatic heterocycles. The number of aliphatic hydroxyl groups is 1. The van der Waals surface area contributed by atoms with Crippen molar-refractivity contribution in [1.82, 2.24) is 0 Å².